The van der Waals surface area contributed by atoms with Crippen molar-refractivity contribution in [3.8, 4) is 11.5 Å². The lowest BCUT2D eigenvalue weighted by Gasteiger charge is -2.60. The van der Waals surface area contributed by atoms with Gasteiger partial charge in [0.25, 0.3) is 5.69 Å². The van der Waals surface area contributed by atoms with Crippen molar-refractivity contribution >= 4 is 29.5 Å². The minimum absolute atomic E-state index is 0.00650. The number of rotatable bonds is 22. The third-order valence-electron chi connectivity index (χ3n) is 14.0. The first kappa shape index (κ1) is 51.6. The second kappa shape index (κ2) is 24.6. The highest BCUT2D eigenvalue weighted by Crippen LogP contribution is 2.62. The molecule has 4 aromatic carbocycles. The minimum atomic E-state index is -1.64. The molecule has 3 N–H and O–H groups in total. The predicted octanol–water partition coefficient (Wildman–Crippen LogP) is 9.92. The number of non-ortho nitro benzene ring substituents is 1. The summed E-state index contributed by atoms with van der Waals surface area (Å²) in [5.41, 5.74) is 4.09. The van der Waals surface area contributed by atoms with E-state index in [0.29, 0.717) is 61.3 Å². The van der Waals surface area contributed by atoms with Crippen LogP contribution in [-0.4, -0.2) is 82.3 Å². The van der Waals surface area contributed by atoms with Crippen LogP contribution in [0.3, 0.4) is 0 Å². The van der Waals surface area contributed by atoms with Crippen molar-refractivity contribution in [2.24, 2.45) is 22.9 Å². The van der Waals surface area contributed by atoms with E-state index in [0.717, 1.165) is 42.4 Å². The number of halogens is 1. The van der Waals surface area contributed by atoms with Crippen molar-refractivity contribution < 1.29 is 52.9 Å². The van der Waals surface area contributed by atoms with Gasteiger partial charge in [-0.1, -0.05) is 72.6 Å². The number of allylic oxidation sites excluding steroid dienone is 1. The van der Waals surface area contributed by atoms with Crippen LogP contribution in [0.15, 0.2) is 133 Å². The Morgan fingerprint density at radius 3 is 2.43 bits per heavy atom. The number of fused-ring (bicyclic) bond motifs is 2. The van der Waals surface area contributed by atoms with Gasteiger partial charge in [-0.3, -0.25) is 14.9 Å². The van der Waals surface area contributed by atoms with Crippen LogP contribution >= 0.6 is 0 Å². The molecule has 4 aromatic rings. The maximum atomic E-state index is 15.2. The molecule has 2 fully saturated rings. The van der Waals surface area contributed by atoms with Crippen molar-refractivity contribution in [1.82, 2.24) is 10.2 Å². The van der Waals surface area contributed by atoms with E-state index in [4.69, 9.17) is 28.9 Å². The van der Waals surface area contributed by atoms with Crippen molar-refractivity contribution in [2.45, 2.75) is 101 Å². The quantitative estimate of drug-likeness (QED) is 0.0223. The van der Waals surface area contributed by atoms with E-state index in [-0.39, 0.29) is 62.6 Å². The van der Waals surface area contributed by atoms with Gasteiger partial charge in [-0.05, 0) is 121 Å². The highest BCUT2D eigenvalue weighted by molar-refractivity contribution is 6.03. The standard InChI is InChI=1S/C56H63FN4O11/c1-2-31-69-56-50(60(37-40-17-22-42(57)23-18-40)51(64)28-21-38-19-24-43(25-20-38)61(66)67)35-48(59-72-52-16-8-11-32-68-52)46-33-41(14-6-9-29-62)45(15-7-10-30-63)53(54(46)56)47-34-44(26-27-49(47)71-56)70-55(65)58-36-39-12-4-3-5-13-39/h2-5,12-13,17-28,33-34,41,45,50,52-54,62-63H,1,6-11,14-16,29-32,35-37H2,(H,58,65)/t41-,45+,50-,52?,53+,54+,56+/m0/s1. The monoisotopic (exact) mass is 986 g/mol. The molecule has 0 radical (unpaired) electrons. The average molecular weight is 987 g/mol. The lowest BCUT2D eigenvalue weighted by molar-refractivity contribution is -0.384. The number of benzene rings is 4. The number of aliphatic hydroxyl groups is 2. The van der Waals surface area contributed by atoms with Crippen molar-refractivity contribution in [3.05, 3.63) is 166 Å². The lowest BCUT2D eigenvalue weighted by atomic mass is 9.55. The van der Waals surface area contributed by atoms with E-state index in [1.165, 1.54) is 30.3 Å². The largest absolute Gasteiger partial charge is 0.459 e. The van der Waals surface area contributed by atoms with Crippen LogP contribution < -0.4 is 14.8 Å². The number of nitrogens with zero attached hydrogens (tertiary/aromatic N) is 3. The molecule has 8 rings (SSSR count). The predicted molar refractivity (Wildman–Crippen MR) is 268 cm³/mol. The van der Waals surface area contributed by atoms with Crippen LogP contribution in [0.4, 0.5) is 14.9 Å². The van der Waals surface area contributed by atoms with E-state index in [1.807, 2.05) is 36.4 Å². The van der Waals surface area contributed by atoms with Gasteiger partial charge in [0.2, 0.25) is 18.0 Å². The number of carbonyl (C=O) groups excluding carboxylic acids is 2. The second-order valence-electron chi connectivity index (χ2n) is 18.7. The number of hydrogen-bond acceptors (Lipinski definition) is 12. The Labute approximate surface area is 419 Å². The number of ether oxygens (including phenoxy) is 4. The van der Waals surface area contributed by atoms with Gasteiger partial charge >= 0.3 is 6.09 Å². The number of oxime groups is 1. The number of nitro benzene ring substituents is 1. The molecule has 15 nitrogen and oxygen atoms in total. The van der Waals surface area contributed by atoms with E-state index in [2.05, 4.69) is 18.0 Å². The Bertz CT molecular complexity index is 2590. The molecule has 0 spiro atoms. The Morgan fingerprint density at radius 2 is 1.72 bits per heavy atom. The van der Waals surface area contributed by atoms with E-state index in [1.54, 1.807) is 53.5 Å². The van der Waals surface area contributed by atoms with Crippen LogP contribution in [-0.2, 0) is 32.2 Å². The number of carbonyl (C=O) groups is 2. The van der Waals surface area contributed by atoms with Gasteiger partial charge in [-0.25, -0.2) is 9.18 Å². The molecule has 0 aromatic heterocycles. The second-order valence-corrected chi connectivity index (χ2v) is 18.7. The summed E-state index contributed by atoms with van der Waals surface area (Å²) in [6, 6.07) is 25.6. The number of unbranched alkanes of at least 4 members (excludes halogenated alkanes) is 2. The van der Waals surface area contributed by atoms with Gasteiger partial charge in [0.1, 0.15) is 23.4 Å². The van der Waals surface area contributed by atoms with Gasteiger partial charge in [0, 0.05) is 68.8 Å². The maximum absolute atomic E-state index is 15.2. The zero-order chi connectivity index (χ0) is 50.5. The van der Waals surface area contributed by atoms with Crippen LogP contribution in [0, 0.1) is 33.7 Å². The number of hydrogen-bond donors (Lipinski definition) is 3. The van der Waals surface area contributed by atoms with Crippen LogP contribution in [0.25, 0.3) is 6.08 Å². The Hall–Kier alpha value is -6.72. The minimum Gasteiger partial charge on any atom is -0.459 e. The molecular formula is C56H63FN4O11. The van der Waals surface area contributed by atoms with Gasteiger partial charge in [-0.2, -0.15) is 0 Å². The summed E-state index contributed by atoms with van der Waals surface area (Å²) in [6.45, 7) is 4.83. The molecule has 1 saturated carbocycles. The molecule has 7 atom stereocenters. The third-order valence-corrected chi connectivity index (χ3v) is 14.0. The van der Waals surface area contributed by atoms with E-state index >= 15 is 4.79 Å². The van der Waals surface area contributed by atoms with Crippen molar-refractivity contribution in [3.63, 3.8) is 0 Å². The number of nitrogens with one attached hydrogen (secondary N) is 1. The summed E-state index contributed by atoms with van der Waals surface area (Å²) in [4.78, 5) is 47.5. The fourth-order valence-electron chi connectivity index (χ4n) is 10.6. The summed E-state index contributed by atoms with van der Waals surface area (Å²) < 4.78 is 41.0. The highest BCUT2D eigenvalue weighted by atomic mass is 19.1. The van der Waals surface area contributed by atoms with E-state index < -0.39 is 52.7 Å². The van der Waals surface area contributed by atoms with Gasteiger partial charge in [0.15, 0.2) is 0 Å². The van der Waals surface area contributed by atoms with Crippen molar-refractivity contribution in [1.29, 1.82) is 0 Å². The molecule has 4 aliphatic rings. The summed E-state index contributed by atoms with van der Waals surface area (Å²) in [7, 11) is 0. The SMILES string of the molecule is C=CCO[C@@]12Oc3ccc(OC(=O)NCc4ccccc4)cc3[C@H]3[C@H](CCCCO)[C@@H](CCCCO)C=C(C(=NOC4CCCCO4)C[C@@H]1N(Cc1ccc(F)cc1)C(=O)C=Cc1ccc([N+](=O)[O-])cc1)[C@H]32. The molecule has 72 heavy (non-hydrogen) atoms. The average Bonchev–Trinajstić information content (AvgIpc) is 3.40. The fourth-order valence-corrected chi connectivity index (χ4v) is 10.6. The Morgan fingerprint density at radius 1 is 0.958 bits per heavy atom. The Kier molecular flexibility index (Phi) is 17.6. The normalized spacial score (nSPS) is 23.8. The highest BCUT2D eigenvalue weighted by Gasteiger charge is 2.65. The summed E-state index contributed by atoms with van der Waals surface area (Å²) in [5, 5.41) is 39.3. The fraction of sp³-hybridized carbons (Fsp3) is 0.411. The third kappa shape index (κ3) is 12.3. The zero-order valence-corrected chi connectivity index (χ0v) is 40.3. The van der Waals surface area contributed by atoms with Gasteiger partial charge in [-0.15, -0.1) is 6.58 Å². The molecule has 380 valence electrons. The number of aliphatic hydroxyl groups excluding tert-OH is 2. The molecule has 2 heterocycles. The van der Waals surface area contributed by atoms with E-state index in [9.17, 15) is 29.5 Å². The summed E-state index contributed by atoms with van der Waals surface area (Å²) in [5.74, 6) is -3.11. The first-order chi connectivity index (χ1) is 35.1. The molecule has 2 aliphatic heterocycles. The summed E-state index contributed by atoms with van der Waals surface area (Å²) in [6.07, 6.45) is 12.1. The number of nitro groups is 1. The van der Waals surface area contributed by atoms with Crippen LogP contribution in [0.2, 0.25) is 0 Å². The smallest absolute Gasteiger partial charge is 0.412 e. The molecule has 0 bridgehead atoms. The molecule has 2 aliphatic carbocycles. The molecule has 1 unspecified atom stereocenters. The lowest BCUT2D eigenvalue weighted by Crippen LogP contribution is -2.70. The van der Waals surface area contributed by atoms with Gasteiger partial charge < -0.3 is 44.2 Å². The molecule has 16 heteroatoms. The van der Waals surface area contributed by atoms with Gasteiger partial charge in [0.05, 0.1) is 29.8 Å². The van der Waals surface area contributed by atoms with Crippen LogP contribution in [0.1, 0.15) is 92.4 Å². The first-order valence-corrected chi connectivity index (χ1v) is 24.9. The molecule has 1 saturated heterocycles. The van der Waals surface area contributed by atoms with Crippen LogP contribution in [0.5, 0.6) is 11.5 Å². The Balaban J connectivity index is 1.30. The maximum Gasteiger partial charge on any atom is 0.412 e. The molecular weight excluding hydrogens is 924 g/mol. The number of amides is 2. The topological polar surface area (TPSA) is 192 Å². The summed E-state index contributed by atoms with van der Waals surface area (Å²) >= 11 is 0. The van der Waals surface area contributed by atoms with Crippen molar-refractivity contribution in [2.75, 3.05) is 26.4 Å². The first-order valence-electron chi connectivity index (χ1n) is 24.9. The molecule has 2 amide bonds. The zero-order valence-electron chi connectivity index (χ0n) is 40.3.